The highest BCUT2D eigenvalue weighted by atomic mass is 16.5. The van der Waals surface area contributed by atoms with Crippen molar-refractivity contribution in [2.24, 2.45) is 5.73 Å². The number of rotatable bonds is 6. The molecule has 1 atom stereocenters. The first-order valence-corrected chi connectivity index (χ1v) is 7.30. The van der Waals surface area contributed by atoms with Gasteiger partial charge < -0.3 is 15.0 Å². The zero-order chi connectivity index (χ0) is 13.7. The van der Waals surface area contributed by atoms with Crippen LogP contribution in [0.15, 0.2) is 4.52 Å². The summed E-state index contributed by atoms with van der Waals surface area (Å²) in [5, 5.41) is 4.14. The Morgan fingerprint density at radius 2 is 2.11 bits per heavy atom. The van der Waals surface area contributed by atoms with Gasteiger partial charge in [-0.25, -0.2) is 0 Å². The normalized spacial score (nSPS) is 20.4. The third kappa shape index (κ3) is 3.54. The quantitative estimate of drug-likeness (QED) is 0.857. The van der Waals surface area contributed by atoms with E-state index in [1.807, 2.05) is 6.92 Å². The van der Waals surface area contributed by atoms with Gasteiger partial charge in [0, 0.05) is 19.6 Å². The van der Waals surface area contributed by atoms with E-state index in [1.54, 1.807) is 7.11 Å². The van der Waals surface area contributed by atoms with E-state index < -0.39 is 0 Å². The molecular formula is C14H25N3O2. The van der Waals surface area contributed by atoms with Crippen molar-refractivity contribution in [1.82, 2.24) is 10.1 Å². The summed E-state index contributed by atoms with van der Waals surface area (Å²) in [5.74, 6) is 1.43. The summed E-state index contributed by atoms with van der Waals surface area (Å²) in [4.78, 5) is 4.53. The second kappa shape index (κ2) is 6.48. The number of aryl methyl sites for hydroxylation is 1. The second-order valence-electron chi connectivity index (χ2n) is 5.64. The van der Waals surface area contributed by atoms with Crippen molar-refractivity contribution in [3.63, 3.8) is 0 Å². The maximum Gasteiger partial charge on any atom is 0.226 e. The summed E-state index contributed by atoms with van der Waals surface area (Å²) in [6.07, 6.45) is 8.35. The van der Waals surface area contributed by atoms with Crippen LogP contribution in [0, 0.1) is 0 Å². The molecule has 1 saturated carbocycles. The highest BCUT2D eigenvalue weighted by molar-refractivity contribution is 5.03. The monoisotopic (exact) mass is 267 g/mol. The van der Waals surface area contributed by atoms with Gasteiger partial charge in [-0.2, -0.15) is 4.98 Å². The van der Waals surface area contributed by atoms with E-state index in [-0.39, 0.29) is 11.6 Å². The summed E-state index contributed by atoms with van der Waals surface area (Å²) >= 11 is 0. The Morgan fingerprint density at radius 1 is 1.37 bits per heavy atom. The van der Waals surface area contributed by atoms with Crippen molar-refractivity contribution in [3.8, 4) is 0 Å². The van der Waals surface area contributed by atoms with Crippen LogP contribution < -0.4 is 5.73 Å². The minimum absolute atomic E-state index is 0.228. The predicted octanol–water partition coefficient (Wildman–Crippen LogP) is 2.55. The van der Waals surface area contributed by atoms with Crippen LogP contribution in [0.1, 0.15) is 63.6 Å². The van der Waals surface area contributed by atoms with Crippen molar-refractivity contribution in [2.45, 2.75) is 69.9 Å². The van der Waals surface area contributed by atoms with Gasteiger partial charge in [-0.3, -0.25) is 0 Å². The van der Waals surface area contributed by atoms with Gasteiger partial charge in [0.15, 0.2) is 0 Å². The molecule has 2 N–H and O–H groups in total. The van der Waals surface area contributed by atoms with Crippen LogP contribution in [0.2, 0.25) is 0 Å². The van der Waals surface area contributed by atoms with Crippen LogP contribution in [0.4, 0.5) is 0 Å². The van der Waals surface area contributed by atoms with Crippen LogP contribution in [0.3, 0.4) is 0 Å². The van der Waals surface area contributed by atoms with E-state index in [1.165, 1.54) is 19.3 Å². The third-order valence-corrected chi connectivity index (χ3v) is 3.98. The van der Waals surface area contributed by atoms with Gasteiger partial charge in [0.25, 0.3) is 0 Å². The van der Waals surface area contributed by atoms with E-state index in [4.69, 9.17) is 15.0 Å². The summed E-state index contributed by atoms with van der Waals surface area (Å²) in [6, 6.07) is 0.228. The first-order valence-electron chi connectivity index (χ1n) is 7.30. The fraction of sp³-hybridized carbons (Fsp3) is 0.857. The molecule has 5 heteroatoms. The summed E-state index contributed by atoms with van der Waals surface area (Å²) in [7, 11) is 1.75. The molecule has 0 spiro atoms. The van der Waals surface area contributed by atoms with Crippen LogP contribution in [0.25, 0.3) is 0 Å². The van der Waals surface area contributed by atoms with Crippen LogP contribution in [-0.2, 0) is 16.8 Å². The highest BCUT2D eigenvalue weighted by Crippen LogP contribution is 2.38. The van der Waals surface area contributed by atoms with E-state index in [9.17, 15) is 0 Å². The minimum atomic E-state index is -0.318. The highest BCUT2D eigenvalue weighted by Gasteiger charge is 2.38. The first kappa shape index (κ1) is 14.5. The summed E-state index contributed by atoms with van der Waals surface area (Å²) in [5.41, 5.74) is 5.42. The lowest BCUT2D eigenvalue weighted by molar-refractivity contribution is -0.0527. The molecule has 19 heavy (non-hydrogen) atoms. The van der Waals surface area contributed by atoms with Crippen molar-refractivity contribution < 1.29 is 9.26 Å². The molecule has 0 bridgehead atoms. The zero-order valence-electron chi connectivity index (χ0n) is 12.0. The molecule has 0 radical (unpaired) electrons. The van der Waals surface area contributed by atoms with E-state index in [2.05, 4.69) is 10.1 Å². The molecule has 108 valence electrons. The number of ether oxygens (including phenoxy) is 1. The molecular weight excluding hydrogens is 242 g/mol. The molecule has 0 aromatic carbocycles. The molecule has 1 aromatic rings. The molecule has 0 saturated heterocycles. The summed E-state index contributed by atoms with van der Waals surface area (Å²) < 4.78 is 11.1. The van der Waals surface area contributed by atoms with Gasteiger partial charge in [-0.05, 0) is 32.6 Å². The maximum atomic E-state index is 5.73. The molecule has 2 rings (SSSR count). The standard InChI is InChI=1S/C14H25N3O2/c1-11(15)7-6-8-12-16-13(17-19-12)14(18-2)9-4-3-5-10-14/h11H,3-10,15H2,1-2H3. The fourth-order valence-corrected chi connectivity index (χ4v) is 2.76. The molecule has 1 aliphatic rings. The zero-order valence-corrected chi connectivity index (χ0v) is 12.0. The molecule has 5 nitrogen and oxygen atoms in total. The van der Waals surface area contributed by atoms with Crippen molar-refractivity contribution in [2.75, 3.05) is 7.11 Å². The fourth-order valence-electron chi connectivity index (χ4n) is 2.76. The number of hydrogen-bond donors (Lipinski definition) is 1. The van der Waals surface area contributed by atoms with Crippen molar-refractivity contribution in [1.29, 1.82) is 0 Å². The van der Waals surface area contributed by atoms with Crippen LogP contribution in [0.5, 0.6) is 0 Å². The molecule has 1 unspecified atom stereocenters. The first-order chi connectivity index (χ1) is 9.16. The van der Waals surface area contributed by atoms with Crippen LogP contribution >= 0.6 is 0 Å². The largest absolute Gasteiger partial charge is 0.370 e. The van der Waals surface area contributed by atoms with Gasteiger partial charge in [0.05, 0.1) is 0 Å². The van der Waals surface area contributed by atoms with E-state index in [0.717, 1.165) is 37.9 Å². The Hall–Kier alpha value is -0.940. The van der Waals surface area contributed by atoms with E-state index in [0.29, 0.717) is 5.89 Å². The molecule has 0 aliphatic heterocycles. The lowest BCUT2D eigenvalue weighted by Crippen LogP contribution is -2.32. The number of hydrogen-bond acceptors (Lipinski definition) is 5. The number of nitrogens with two attached hydrogens (primary N) is 1. The van der Waals surface area contributed by atoms with Crippen molar-refractivity contribution >= 4 is 0 Å². The van der Waals surface area contributed by atoms with E-state index >= 15 is 0 Å². The summed E-state index contributed by atoms with van der Waals surface area (Å²) in [6.45, 7) is 2.02. The Morgan fingerprint density at radius 3 is 2.74 bits per heavy atom. The minimum Gasteiger partial charge on any atom is -0.370 e. The average Bonchev–Trinajstić information content (AvgIpc) is 2.88. The number of aromatic nitrogens is 2. The Kier molecular flexibility index (Phi) is 4.93. The second-order valence-corrected chi connectivity index (χ2v) is 5.64. The Labute approximate surface area is 114 Å². The van der Waals surface area contributed by atoms with Gasteiger partial charge >= 0.3 is 0 Å². The van der Waals surface area contributed by atoms with Gasteiger partial charge in [-0.15, -0.1) is 0 Å². The average molecular weight is 267 g/mol. The van der Waals surface area contributed by atoms with Gasteiger partial charge in [-0.1, -0.05) is 24.4 Å². The molecule has 1 aliphatic carbocycles. The SMILES string of the molecule is COC1(c2noc(CCCC(C)N)n2)CCCCC1. The Balaban J connectivity index is 1.98. The van der Waals surface area contributed by atoms with Gasteiger partial charge in [0.2, 0.25) is 11.7 Å². The van der Waals surface area contributed by atoms with Gasteiger partial charge in [0.1, 0.15) is 5.60 Å². The van der Waals surface area contributed by atoms with Crippen molar-refractivity contribution in [3.05, 3.63) is 11.7 Å². The predicted molar refractivity (Wildman–Crippen MR) is 72.7 cm³/mol. The number of methoxy groups -OCH3 is 1. The topological polar surface area (TPSA) is 74.2 Å². The lowest BCUT2D eigenvalue weighted by atomic mass is 9.84. The Bertz CT molecular complexity index is 384. The molecule has 0 amide bonds. The molecule has 1 heterocycles. The molecule has 1 fully saturated rings. The third-order valence-electron chi connectivity index (χ3n) is 3.98. The molecule has 1 aromatic heterocycles. The maximum absolute atomic E-state index is 5.73. The van der Waals surface area contributed by atoms with Crippen LogP contribution in [-0.4, -0.2) is 23.3 Å². The lowest BCUT2D eigenvalue weighted by Gasteiger charge is -2.32. The smallest absolute Gasteiger partial charge is 0.226 e. The number of nitrogens with zero attached hydrogens (tertiary/aromatic N) is 2.